The third kappa shape index (κ3) is 4.21. The standard InChI is InChI=1S/C13H23N5O2/c1-3-18-10-12(9-15-18)16-13(19)14-8-11(2)17-4-6-20-7-5-17/h9-11H,3-8H2,1-2H3,(H2,14,16,19)/t11-/m1/s1. The van der Waals surface area contributed by atoms with Crippen LogP contribution in [0.1, 0.15) is 13.8 Å². The van der Waals surface area contributed by atoms with Gasteiger partial charge in [-0.3, -0.25) is 9.58 Å². The summed E-state index contributed by atoms with van der Waals surface area (Å²) in [5.74, 6) is 0. The molecule has 0 spiro atoms. The zero-order valence-corrected chi connectivity index (χ0v) is 12.1. The van der Waals surface area contributed by atoms with Crippen molar-refractivity contribution in [1.29, 1.82) is 0 Å². The summed E-state index contributed by atoms with van der Waals surface area (Å²) in [6.45, 7) is 8.91. The van der Waals surface area contributed by atoms with E-state index in [1.807, 2.05) is 13.1 Å². The summed E-state index contributed by atoms with van der Waals surface area (Å²) in [6.07, 6.45) is 3.46. The molecule has 1 atom stereocenters. The second kappa shape index (κ2) is 7.25. The molecule has 2 heterocycles. The molecule has 1 saturated heterocycles. The minimum Gasteiger partial charge on any atom is -0.379 e. The van der Waals surface area contributed by atoms with E-state index in [0.717, 1.165) is 32.8 Å². The number of ether oxygens (including phenoxy) is 1. The molecule has 0 radical (unpaired) electrons. The van der Waals surface area contributed by atoms with E-state index in [1.165, 1.54) is 0 Å². The fraction of sp³-hybridized carbons (Fsp3) is 0.692. The lowest BCUT2D eigenvalue weighted by atomic mass is 10.2. The zero-order chi connectivity index (χ0) is 14.4. The highest BCUT2D eigenvalue weighted by Gasteiger charge is 2.17. The maximum atomic E-state index is 11.8. The maximum absolute atomic E-state index is 11.8. The van der Waals surface area contributed by atoms with Crippen LogP contribution in [0.25, 0.3) is 0 Å². The molecular formula is C13H23N5O2. The molecule has 7 nitrogen and oxygen atoms in total. The van der Waals surface area contributed by atoms with Crippen LogP contribution in [0.5, 0.6) is 0 Å². The van der Waals surface area contributed by atoms with E-state index in [-0.39, 0.29) is 6.03 Å². The van der Waals surface area contributed by atoms with Gasteiger partial charge in [-0.05, 0) is 13.8 Å². The normalized spacial score (nSPS) is 17.7. The van der Waals surface area contributed by atoms with Crippen LogP contribution in [0.2, 0.25) is 0 Å². The number of carbonyl (C=O) groups excluding carboxylic acids is 1. The third-order valence-electron chi connectivity index (χ3n) is 3.44. The first-order chi connectivity index (χ1) is 9.69. The van der Waals surface area contributed by atoms with Crippen LogP contribution in [-0.2, 0) is 11.3 Å². The van der Waals surface area contributed by atoms with Crippen molar-refractivity contribution in [3.63, 3.8) is 0 Å². The fourth-order valence-corrected chi connectivity index (χ4v) is 2.16. The first-order valence-corrected chi connectivity index (χ1v) is 7.08. The molecule has 0 aliphatic carbocycles. The molecule has 1 fully saturated rings. The van der Waals surface area contributed by atoms with Gasteiger partial charge in [-0.15, -0.1) is 0 Å². The predicted octanol–water partition coefficient (Wildman–Crippen LogP) is 0.745. The highest BCUT2D eigenvalue weighted by molar-refractivity contribution is 5.88. The van der Waals surface area contributed by atoms with Crippen LogP contribution in [0.15, 0.2) is 12.4 Å². The monoisotopic (exact) mass is 281 g/mol. The summed E-state index contributed by atoms with van der Waals surface area (Å²) in [4.78, 5) is 14.1. The lowest BCUT2D eigenvalue weighted by Gasteiger charge is -2.32. The molecule has 1 aromatic rings. The molecule has 20 heavy (non-hydrogen) atoms. The minimum atomic E-state index is -0.194. The van der Waals surface area contributed by atoms with Crippen molar-refractivity contribution in [2.24, 2.45) is 0 Å². The number of urea groups is 1. The maximum Gasteiger partial charge on any atom is 0.319 e. The number of carbonyl (C=O) groups is 1. The number of aromatic nitrogens is 2. The lowest BCUT2D eigenvalue weighted by Crippen LogP contribution is -2.47. The van der Waals surface area contributed by atoms with Gasteiger partial charge in [0.15, 0.2) is 0 Å². The Morgan fingerprint density at radius 1 is 1.50 bits per heavy atom. The second-order valence-corrected chi connectivity index (χ2v) is 4.92. The van der Waals surface area contributed by atoms with Gasteiger partial charge in [0, 0.05) is 38.4 Å². The Kier molecular flexibility index (Phi) is 5.37. The van der Waals surface area contributed by atoms with E-state index in [1.54, 1.807) is 10.9 Å². The molecule has 0 unspecified atom stereocenters. The zero-order valence-electron chi connectivity index (χ0n) is 12.1. The van der Waals surface area contributed by atoms with Gasteiger partial charge < -0.3 is 15.4 Å². The fourth-order valence-electron chi connectivity index (χ4n) is 2.16. The van der Waals surface area contributed by atoms with E-state index in [0.29, 0.717) is 18.3 Å². The van der Waals surface area contributed by atoms with Gasteiger partial charge in [0.25, 0.3) is 0 Å². The average Bonchev–Trinajstić information content (AvgIpc) is 2.93. The van der Waals surface area contributed by atoms with Crippen molar-refractivity contribution in [1.82, 2.24) is 20.0 Å². The molecule has 0 saturated carbocycles. The van der Waals surface area contributed by atoms with Crippen molar-refractivity contribution in [2.45, 2.75) is 26.4 Å². The summed E-state index contributed by atoms with van der Waals surface area (Å²) in [6, 6.07) is 0.115. The summed E-state index contributed by atoms with van der Waals surface area (Å²) < 4.78 is 7.09. The quantitative estimate of drug-likeness (QED) is 0.835. The van der Waals surface area contributed by atoms with Crippen molar-refractivity contribution in [3.05, 3.63) is 12.4 Å². The van der Waals surface area contributed by atoms with Crippen LogP contribution in [0.3, 0.4) is 0 Å². The van der Waals surface area contributed by atoms with Crippen LogP contribution in [0.4, 0.5) is 10.5 Å². The topological polar surface area (TPSA) is 71.4 Å². The third-order valence-corrected chi connectivity index (χ3v) is 3.44. The summed E-state index contributed by atoms with van der Waals surface area (Å²) in [7, 11) is 0. The molecule has 1 aromatic heterocycles. The van der Waals surface area contributed by atoms with Crippen LogP contribution in [-0.4, -0.2) is 59.6 Å². The number of rotatable bonds is 5. The molecule has 2 rings (SSSR count). The largest absolute Gasteiger partial charge is 0.379 e. The first kappa shape index (κ1) is 14.8. The molecule has 2 N–H and O–H groups in total. The van der Waals surface area contributed by atoms with Crippen molar-refractivity contribution < 1.29 is 9.53 Å². The first-order valence-electron chi connectivity index (χ1n) is 7.08. The van der Waals surface area contributed by atoms with Gasteiger partial charge in [0.1, 0.15) is 0 Å². The highest BCUT2D eigenvalue weighted by Crippen LogP contribution is 2.05. The molecule has 1 aliphatic heterocycles. The molecule has 0 bridgehead atoms. The summed E-state index contributed by atoms with van der Waals surface area (Å²) in [5.41, 5.74) is 0.711. The number of hydrogen-bond acceptors (Lipinski definition) is 4. The molecule has 1 aliphatic rings. The van der Waals surface area contributed by atoms with Crippen LogP contribution < -0.4 is 10.6 Å². The van der Waals surface area contributed by atoms with Gasteiger partial charge in [-0.2, -0.15) is 5.10 Å². The van der Waals surface area contributed by atoms with Crippen LogP contribution >= 0.6 is 0 Å². The number of anilines is 1. The lowest BCUT2D eigenvalue weighted by molar-refractivity contribution is 0.0209. The molecule has 0 aromatic carbocycles. The van der Waals surface area contributed by atoms with Gasteiger partial charge in [-0.25, -0.2) is 4.79 Å². The summed E-state index contributed by atoms with van der Waals surface area (Å²) >= 11 is 0. The predicted molar refractivity (Wildman–Crippen MR) is 76.8 cm³/mol. The molecule has 112 valence electrons. The smallest absolute Gasteiger partial charge is 0.319 e. The van der Waals surface area contributed by atoms with E-state index >= 15 is 0 Å². The van der Waals surface area contributed by atoms with Crippen molar-refractivity contribution in [3.8, 4) is 0 Å². The number of morpholine rings is 1. The number of amides is 2. The van der Waals surface area contributed by atoms with E-state index in [9.17, 15) is 4.79 Å². The Morgan fingerprint density at radius 2 is 2.25 bits per heavy atom. The van der Waals surface area contributed by atoms with Gasteiger partial charge in [-0.1, -0.05) is 0 Å². The average molecular weight is 281 g/mol. The number of nitrogens with zero attached hydrogens (tertiary/aromatic N) is 3. The number of nitrogens with one attached hydrogen (secondary N) is 2. The molecular weight excluding hydrogens is 258 g/mol. The molecule has 7 heteroatoms. The van der Waals surface area contributed by atoms with E-state index in [4.69, 9.17) is 4.74 Å². The number of hydrogen-bond donors (Lipinski definition) is 2. The van der Waals surface area contributed by atoms with E-state index < -0.39 is 0 Å². The van der Waals surface area contributed by atoms with Crippen molar-refractivity contribution >= 4 is 11.7 Å². The minimum absolute atomic E-state index is 0.194. The van der Waals surface area contributed by atoms with Gasteiger partial charge in [0.05, 0.1) is 25.1 Å². The summed E-state index contributed by atoms with van der Waals surface area (Å²) in [5, 5.41) is 9.77. The Morgan fingerprint density at radius 3 is 2.90 bits per heavy atom. The Labute approximate surface area is 119 Å². The SMILES string of the molecule is CCn1cc(NC(=O)NC[C@@H](C)N2CCOCC2)cn1. The van der Waals surface area contributed by atoms with E-state index in [2.05, 4.69) is 27.6 Å². The Bertz CT molecular complexity index is 428. The second-order valence-electron chi connectivity index (χ2n) is 4.92. The van der Waals surface area contributed by atoms with Gasteiger partial charge in [0.2, 0.25) is 0 Å². The highest BCUT2D eigenvalue weighted by atomic mass is 16.5. The van der Waals surface area contributed by atoms with Gasteiger partial charge >= 0.3 is 6.03 Å². The molecule has 2 amide bonds. The number of aryl methyl sites for hydroxylation is 1. The Balaban J connectivity index is 1.71. The van der Waals surface area contributed by atoms with Crippen LogP contribution in [0, 0.1) is 0 Å². The Hall–Kier alpha value is -1.60. The van der Waals surface area contributed by atoms with Crippen molar-refractivity contribution in [2.75, 3.05) is 38.2 Å².